The number of hydrogen-bond acceptors (Lipinski definition) is 1. The number of benzene rings is 1. The zero-order valence-corrected chi connectivity index (χ0v) is 12.4. The maximum Gasteiger partial charge on any atom is 0.0824 e. The van der Waals surface area contributed by atoms with Crippen LogP contribution >= 0.6 is 9.24 Å². The van der Waals surface area contributed by atoms with E-state index >= 15 is 0 Å². The molecule has 1 unspecified atom stereocenters. The van der Waals surface area contributed by atoms with E-state index < -0.39 is 0 Å². The largest absolute Gasteiger partial charge is 0.645 e. The van der Waals surface area contributed by atoms with Gasteiger partial charge in [-0.15, -0.1) is 15.8 Å². The third-order valence-corrected chi connectivity index (χ3v) is 2.11. The minimum Gasteiger partial charge on any atom is -0.645 e. The predicted molar refractivity (Wildman–Crippen MR) is 58.5 cm³/mol. The second kappa shape index (κ2) is 6.32. The molecule has 1 aliphatic heterocycles. The molecule has 0 aliphatic carbocycles. The summed E-state index contributed by atoms with van der Waals surface area (Å²) in [6, 6.07) is 5.72. The van der Waals surface area contributed by atoms with Crippen LogP contribution in [0.3, 0.4) is 0 Å². The summed E-state index contributed by atoms with van der Waals surface area (Å²) in [6.45, 7) is 4.55. The van der Waals surface area contributed by atoms with E-state index in [0.717, 1.165) is 16.4 Å². The van der Waals surface area contributed by atoms with E-state index in [2.05, 4.69) is 14.6 Å². The molecule has 0 bridgehead atoms. The van der Waals surface area contributed by atoms with Crippen molar-refractivity contribution in [3.63, 3.8) is 0 Å². The summed E-state index contributed by atoms with van der Waals surface area (Å²) in [5.74, 6) is -0.0787. The van der Waals surface area contributed by atoms with Crippen molar-refractivity contribution < 1.29 is 25.9 Å². The van der Waals surface area contributed by atoms with Crippen molar-refractivity contribution in [3.05, 3.63) is 34.6 Å². The topological polar surface area (TPSA) is 31.2 Å². The van der Waals surface area contributed by atoms with Crippen LogP contribution in [0.2, 0.25) is 0 Å². The molecule has 1 aromatic carbocycles. The Bertz CT molecular complexity index is 328. The normalized spacial score (nSPS) is 11.8. The Kier molecular flexibility index (Phi) is 6.23. The van der Waals surface area contributed by atoms with Crippen LogP contribution in [0.5, 0.6) is 0 Å². The van der Waals surface area contributed by atoms with Crippen LogP contribution in [-0.2, 0) is 27.6 Å². The fourth-order valence-corrected chi connectivity index (χ4v) is 1.49. The summed E-state index contributed by atoms with van der Waals surface area (Å²) in [6.07, 6.45) is 0. The second-order valence-corrected chi connectivity index (χ2v) is 3.20. The number of carbonyl (C=O) groups is 1. The van der Waals surface area contributed by atoms with Crippen molar-refractivity contribution in [2.75, 3.05) is 0 Å². The van der Waals surface area contributed by atoms with E-state index in [1.807, 2.05) is 32.0 Å². The van der Waals surface area contributed by atoms with Crippen molar-refractivity contribution in [2.24, 2.45) is 0 Å². The molecule has 1 amide bonds. The van der Waals surface area contributed by atoms with Crippen LogP contribution in [-0.4, -0.2) is 5.91 Å². The third-order valence-electron chi connectivity index (χ3n) is 1.75. The summed E-state index contributed by atoms with van der Waals surface area (Å²) in [7, 11) is 2.60. The summed E-state index contributed by atoms with van der Waals surface area (Å²) in [5.41, 5.74) is 1.80. The van der Waals surface area contributed by atoms with Crippen molar-refractivity contribution >= 4 is 20.5 Å². The average Bonchev–Trinajstić information content (AvgIpc) is 2.51. The Hall–Kier alpha value is -0.192. The van der Waals surface area contributed by atoms with E-state index in [1.54, 1.807) is 0 Å². The minimum absolute atomic E-state index is 0. The SMILES string of the molecule is CC.O=C1[N-]Cc2cc(P)ccc21.[W]. The molecule has 0 N–H and O–H groups in total. The summed E-state index contributed by atoms with van der Waals surface area (Å²) in [5, 5.41) is 4.90. The molecule has 1 aliphatic rings. The van der Waals surface area contributed by atoms with Gasteiger partial charge in [0.05, 0.1) is 5.91 Å². The molecule has 0 radical (unpaired) electrons. The van der Waals surface area contributed by atoms with Gasteiger partial charge in [0.15, 0.2) is 0 Å². The molecule has 76 valence electrons. The van der Waals surface area contributed by atoms with Gasteiger partial charge in [0, 0.05) is 26.6 Å². The molecule has 4 heteroatoms. The van der Waals surface area contributed by atoms with Gasteiger partial charge in [0.1, 0.15) is 0 Å². The number of amides is 1. The van der Waals surface area contributed by atoms with Gasteiger partial charge in [0.2, 0.25) is 0 Å². The molecule has 1 heterocycles. The molecule has 0 saturated carbocycles. The monoisotopic (exact) mass is 378 g/mol. The van der Waals surface area contributed by atoms with Gasteiger partial charge in [-0.1, -0.05) is 37.6 Å². The average molecular weight is 378 g/mol. The van der Waals surface area contributed by atoms with Gasteiger partial charge < -0.3 is 10.1 Å². The molecular formula is C10H13NOPW-. The third kappa shape index (κ3) is 2.90. The fraction of sp³-hybridized carbons (Fsp3) is 0.300. The Balaban J connectivity index is 0.000000531. The maximum absolute atomic E-state index is 11.0. The molecule has 1 aromatic rings. The number of carbonyl (C=O) groups excluding carboxylic acids is 1. The summed E-state index contributed by atoms with van der Waals surface area (Å²) < 4.78 is 0. The van der Waals surface area contributed by atoms with Crippen LogP contribution in [0, 0.1) is 0 Å². The molecule has 0 fully saturated rings. The first kappa shape index (κ1) is 13.8. The zero-order chi connectivity index (χ0) is 9.84. The standard InChI is InChI=1S/C8H8NOP.C2H6.W/c10-8-7-2-1-6(11)3-5(7)4-9-8;1-2;/h1-3H,4,11H2,(H,9,10);1-2H3;/p-1. The van der Waals surface area contributed by atoms with Crippen molar-refractivity contribution in [1.29, 1.82) is 0 Å². The molecule has 0 aromatic heterocycles. The van der Waals surface area contributed by atoms with Gasteiger partial charge in [-0.25, -0.2) is 0 Å². The van der Waals surface area contributed by atoms with Crippen molar-refractivity contribution in [3.8, 4) is 0 Å². The maximum atomic E-state index is 11.0. The van der Waals surface area contributed by atoms with Crippen LogP contribution in [0.25, 0.3) is 5.32 Å². The van der Waals surface area contributed by atoms with Gasteiger partial charge in [-0.2, -0.15) is 0 Å². The van der Waals surface area contributed by atoms with Gasteiger partial charge >= 0.3 is 0 Å². The van der Waals surface area contributed by atoms with Crippen LogP contribution in [0.15, 0.2) is 18.2 Å². The first-order chi connectivity index (χ1) is 6.27. The van der Waals surface area contributed by atoms with E-state index in [9.17, 15) is 4.79 Å². The van der Waals surface area contributed by atoms with Crippen LogP contribution < -0.4 is 5.30 Å². The van der Waals surface area contributed by atoms with Crippen molar-refractivity contribution in [2.45, 2.75) is 20.4 Å². The number of nitrogens with zero attached hydrogens (tertiary/aromatic N) is 1. The molecule has 14 heavy (non-hydrogen) atoms. The minimum atomic E-state index is -0.0787. The van der Waals surface area contributed by atoms with Gasteiger partial charge in [-0.3, -0.25) is 0 Å². The number of fused-ring (bicyclic) bond motifs is 1. The quantitative estimate of drug-likeness (QED) is 0.638. The van der Waals surface area contributed by atoms with Crippen LogP contribution in [0.1, 0.15) is 29.8 Å². The number of rotatable bonds is 0. The smallest absolute Gasteiger partial charge is 0.0824 e. The number of hydrogen-bond donors (Lipinski definition) is 0. The van der Waals surface area contributed by atoms with E-state index in [0.29, 0.717) is 6.54 Å². The second-order valence-electron chi connectivity index (χ2n) is 2.54. The van der Waals surface area contributed by atoms with Crippen LogP contribution in [0.4, 0.5) is 0 Å². The van der Waals surface area contributed by atoms with E-state index in [-0.39, 0.29) is 27.0 Å². The fourth-order valence-electron chi connectivity index (χ4n) is 1.20. The Morgan fingerprint density at radius 3 is 2.64 bits per heavy atom. The Morgan fingerprint density at radius 1 is 1.36 bits per heavy atom. The molecule has 2 rings (SSSR count). The first-order valence-electron chi connectivity index (χ1n) is 4.37. The van der Waals surface area contributed by atoms with Gasteiger partial charge in [-0.05, 0) is 5.30 Å². The van der Waals surface area contributed by atoms with E-state index in [1.165, 1.54) is 0 Å². The molecular weight excluding hydrogens is 365 g/mol. The first-order valence-corrected chi connectivity index (χ1v) is 4.95. The predicted octanol–water partition coefficient (Wildman–Crippen LogP) is 2.24. The summed E-state index contributed by atoms with van der Waals surface area (Å²) in [4.78, 5) is 11.0. The Morgan fingerprint density at radius 2 is 2.00 bits per heavy atom. The molecule has 1 atom stereocenters. The summed E-state index contributed by atoms with van der Waals surface area (Å²) >= 11 is 0. The molecule has 2 nitrogen and oxygen atoms in total. The Labute approximate surface area is 101 Å². The zero-order valence-electron chi connectivity index (χ0n) is 8.28. The van der Waals surface area contributed by atoms with Gasteiger partial charge in [0.25, 0.3) is 0 Å². The van der Waals surface area contributed by atoms with Crippen molar-refractivity contribution in [1.82, 2.24) is 0 Å². The molecule has 0 spiro atoms. The molecule has 0 saturated heterocycles. The van der Waals surface area contributed by atoms with E-state index in [4.69, 9.17) is 0 Å².